The number of hydrogen-bond donors (Lipinski definition) is 2. The van der Waals surface area contributed by atoms with E-state index in [4.69, 9.17) is 4.42 Å². The molecule has 9 heteroatoms. The number of allylic oxidation sites excluding steroid dienone is 1. The van der Waals surface area contributed by atoms with E-state index in [0.29, 0.717) is 30.9 Å². The molecule has 4 atom stereocenters. The number of amides is 1. The molecule has 2 aromatic rings. The molecule has 0 bridgehead atoms. The Morgan fingerprint density at radius 2 is 2.21 bits per heavy atom. The first-order valence-electron chi connectivity index (χ1n) is 11.5. The minimum atomic E-state index is -0.514. The number of nitrogens with zero attached hydrogens (tertiary/aromatic N) is 4. The highest BCUT2D eigenvalue weighted by molar-refractivity contribution is 5.82. The number of hydrogen-bond acceptors (Lipinski definition) is 7. The molecule has 4 heterocycles. The molecule has 1 fully saturated rings. The lowest BCUT2D eigenvalue weighted by atomic mass is 9.88. The van der Waals surface area contributed by atoms with Crippen molar-refractivity contribution < 1.29 is 14.3 Å². The van der Waals surface area contributed by atoms with Crippen LogP contribution in [0.25, 0.3) is 6.08 Å². The highest BCUT2D eigenvalue weighted by Gasteiger charge is 2.55. The van der Waals surface area contributed by atoms with Crippen LogP contribution in [0.15, 0.2) is 40.1 Å². The first kappa shape index (κ1) is 23.4. The molecule has 33 heavy (non-hydrogen) atoms. The zero-order valence-electron chi connectivity index (χ0n) is 19.5. The van der Waals surface area contributed by atoms with Gasteiger partial charge in [0.25, 0.3) is 5.56 Å². The van der Waals surface area contributed by atoms with E-state index in [1.807, 2.05) is 45.3 Å². The fourth-order valence-corrected chi connectivity index (χ4v) is 5.32. The maximum absolute atomic E-state index is 13.3. The van der Waals surface area contributed by atoms with Gasteiger partial charge in [0.05, 0.1) is 17.8 Å². The van der Waals surface area contributed by atoms with Gasteiger partial charge in [0.2, 0.25) is 5.91 Å². The quantitative estimate of drug-likeness (QED) is 0.546. The highest BCUT2D eigenvalue weighted by atomic mass is 16.3. The van der Waals surface area contributed by atoms with Crippen molar-refractivity contribution in [2.75, 3.05) is 33.8 Å². The van der Waals surface area contributed by atoms with Gasteiger partial charge in [-0.05, 0) is 46.1 Å². The van der Waals surface area contributed by atoms with E-state index in [9.17, 15) is 14.7 Å². The van der Waals surface area contributed by atoms with Crippen molar-refractivity contribution in [2.24, 2.45) is 11.8 Å². The van der Waals surface area contributed by atoms with Gasteiger partial charge in [-0.25, -0.2) is 4.98 Å². The third kappa shape index (κ3) is 4.53. The third-order valence-electron chi connectivity index (χ3n) is 6.74. The van der Waals surface area contributed by atoms with Crippen molar-refractivity contribution in [1.82, 2.24) is 24.7 Å². The fraction of sp³-hybridized carbons (Fsp3) is 0.542. The van der Waals surface area contributed by atoms with Crippen molar-refractivity contribution in [3.8, 4) is 0 Å². The first-order chi connectivity index (χ1) is 16.0. The van der Waals surface area contributed by atoms with Crippen LogP contribution in [0.1, 0.15) is 36.3 Å². The van der Waals surface area contributed by atoms with Gasteiger partial charge in [0.1, 0.15) is 6.26 Å². The molecular formula is C24H33N5O4. The van der Waals surface area contributed by atoms with Gasteiger partial charge >= 0.3 is 0 Å². The Labute approximate surface area is 193 Å². The molecule has 0 unspecified atom stereocenters. The molecule has 0 spiro atoms. The molecule has 2 N–H and O–H groups in total. The van der Waals surface area contributed by atoms with Crippen LogP contribution in [0.3, 0.4) is 0 Å². The molecule has 178 valence electrons. The summed E-state index contributed by atoms with van der Waals surface area (Å²) in [6.45, 7) is 4.09. The Bertz CT molecular complexity index is 1050. The van der Waals surface area contributed by atoms with Crippen LogP contribution in [0.5, 0.6) is 0 Å². The van der Waals surface area contributed by atoms with E-state index in [-0.39, 0.29) is 36.0 Å². The van der Waals surface area contributed by atoms with Gasteiger partial charge in [-0.2, -0.15) is 0 Å². The van der Waals surface area contributed by atoms with Crippen LogP contribution in [-0.2, 0) is 17.9 Å². The molecular weight excluding hydrogens is 422 g/mol. The second-order valence-corrected chi connectivity index (χ2v) is 9.13. The van der Waals surface area contributed by atoms with E-state index in [1.165, 1.54) is 6.39 Å². The molecule has 0 aromatic carbocycles. The zero-order valence-corrected chi connectivity index (χ0v) is 19.5. The lowest BCUT2D eigenvalue weighted by molar-refractivity contribution is -0.128. The molecule has 4 rings (SSSR count). The molecule has 2 aliphatic rings. The standard InChI is InChI=1S/C24H33N5O4/c1-4-6-16-7-8-20-21-18(12-28(20)24(16)32)19(13-30)22(23(31)25-9-5-10-27(2)3)29(21)11-17-14-33-15-26-17/h4,6-8,14-15,18-19,21-22,30H,5,9-13H2,1-3H3,(H,25,31)/b6-4+/t18-,19-,21+,22-/m1/s1. The largest absolute Gasteiger partial charge is 0.451 e. The first-order valence-corrected chi connectivity index (χ1v) is 11.5. The predicted molar refractivity (Wildman–Crippen MR) is 124 cm³/mol. The summed E-state index contributed by atoms with van der Waals surface area (Å²) in [6.07, 6.45) is 7.45. The van der Waals surface area contributed by atoms with Crippen molar-refractivity contribution in [3.63, 3.8) is 0 Å². The third-order valence-corrected chi connectivity index (χ3v) is 6.74. The smallest absolute Gasteiger partial charge is 0.258 e. The summed E-state index contributed by atoms with van der Waals surface area (Å²) in [5.41, 5.74) is 2.19. The second-order valence-electron chi connectivity index (χ2n) is 9.13. The topological polar surface area (TPSA) is 104 Å². The van der Waals surface area contributed by atoms with Crippen LogP contribution < -0.4 is 10.9 Å². The van der Waals surface area contributed by atoms with Gasteiger partial charge in [-0.1, -0.05) is 12.2 Å². The summed E-state index contributed by atoms with van der Waals surface area (Å²) in [5.74, 6) is -0.432. The van der Waals surface area contributed by atoms with Gasteiger partial charge in [-0.15, -0.1) is 0 Å². The number of pyridine rings is 1. The normalized spacial score (nSPS) is 24.5. The van der Waals surface area contributed by atoms with Crippen LogP contribution >= 0.6 is 0 Å². The zero-order chi connectivity index (χ0) is 23.5. The Morgan fingerprint density at radius 3 is 2.88 bits per heavy atom. The Morgan fingerprint density at radius 1 is 1.39 bits per heavy atom. The average Bonchev–Trinajstić information content (AvgIpc) is 3.49. The maximum atomic E-state index is 13.3. The minimum absolute atomic E-state index is 0.0391. The molecule has 0 radical (unpaired) electrons. The predicted octanol–water partition coefficient (Wildman–Crippen LogP) is 1.10. The van der Waals surface area contributed by atoms with Gasteiger partial charge in [0.15, 0.2) is 6.39 Å². The summed E-state index contributed by atoms with van der Waals surface area (Å²) >= 11 is 0. The number of carbonyl (C=O) groups is 1. The van der Waals surface area contributed by atoms with Crippen LogP contribution in [0.2, 0.25) is 0 Å². The highest BCUT2D eigenvalue weighted by Crippen LogP contribution is 2.49. The molecule has 2 aliphatic heterocycles. The van der Waals surface area contributed by atoms with Gasteiger partial charge in [0, 0.05) is 49.3 Å². The second kappa shape index (κ2) is 10.0. The van der Waals surface area contributed by atoms with E-state index in [1.54, 1.807) is 10.8 Å². The molecule has 0 aliphatic carbocycles. The number of oxazole rings is 1. The van der Waals surface area contributed by atoms with Crippen molar-refractivity contribution in [1.29, 1.82) is 0 Å². The number of rotatable bonds is 9. The average molecular weight is 456 g/mol. The SMILES string of the molecule is C/C=C/c1ccc2n(c1=O)C[C@@H]1[C@@H](CO)[C@H](C(=O)NCCCN(C)C)N(Cc3cocn3)[C@H]21. The van der Waals surface area contributed by atoms with Crippen molar-refractivity contribution >= 4 is 12.0 Å². The summed E-state index contributed by atoms with van der Waals surface area (Å²) in [4.78, 5) is 34.8. The Kier molecular flexibility index (Phi) is 7.11. The van der Waals surface area contributed by atoms with Crippen LogP contribution in [0.4, 0.5) is 0 Å². The molecule has 9 nitrogen and oxygen atoms in total. The number of nitrogens with one attached hydrogen (secondary N) is 1. The summed E-state index contributed by atoms with van der Waals surface area (Å²) in [7, 11) is 4.01. The Balaban J connectivity index is 1.66. The van der Waals surface area contributed by atoms with E-state index >= 15 is 0 Å². The van der Waals surface area contributed by atoms with Crippen molar-refractivity contribution in [3.05, 3.63) is 58.2 Å². The molecule has 2 aromatic heterocycles. The number of aliphatic hydroxyl groups excluding tert-OH is 1. The fourth-order valence-electron chi connectivity index (χ4n) is 5.32. The molecule has 0 saturated carbocycles. The summed E-state index contributed by atoms with van der Waals surface area (Å²) in [6, 6.07) is 3.14. The van der Waals surface area contributed by atoms with E-state index in [2.05, 4.69) is 20.1 Å². The van der Waals surface area contributed by atoms with E-state index < -0.39 is 6.04 Å². The van der Waals surface area contributed by atoms with E-state index in [0.717, 1.165) is 18.7 Å². The summed E-state index contributed by atoms with van der Waals surface area (Å²) < 4.78 is 6.96. The number of likely N-dealkylation sites (tertiary alicyclic amines) is 1. The number of aromatic nitrogens is 2. The Hall–Kier alpha value is -2.75. The number of carbonyl (C=O) groups excluding carboxylic acids is 1. The van der Waals surface area contributed by atoms with Crippen LogP contribution in [0, 0.1) is 11.8 Å². The number of aliphatic hydroxyl groups is 1. The molecule has 1 amide bonds. The lowest BCUT2D eigenvalue weighted by Crippen LogP contribution is -2.48. The van der Waals surface area contributed by atoms with Crippen LogP contribution in [-0.4, -0.2) is 70.2 Å². The lowest BCUT2D eigenvalue weighted by Gasteiger charge is -2.30. The molecule has 1 saturated heterocycles. The van der Waals surface area contributed by atoms with Gasteiger partial charge < -0.3 is 24.3 Å². The van der Waals surface area contributed by atoms with Crippen molar-refractivity contribution in [2.45, 2.75) is 38.5 Å². The van der Waals surface area contributed by atoms with Gasteiger partial charge in [-0.3, -0.25) is 14.5 Å². The minimum Gasteiger partial charge on any atom is -0.451 e. The number of fused-ring (bicyclic) bond motifs is 3. The maximum Gasteiger partial charge on any atom is 0.258 e. The summed E-state index contributed by atoms with van der Waals surface area (Å²) in [5, 5.41) is 13.4. The monoisotopic (exact) mass is 455 g/mol.